The zero-order chi connectivity index (χ0) is 15.7. The van der Waals surface area contributed by atoms with Gasteiger partial charge in [0.15, 0.2) is 4.96 Å². The van der Waals surface area contributed by atoms with Crippen molar-refractivity contribution in [2.75, 3.05) is 0 Å². The lowest BCUT2D eigenvalue weighted by atomic mass is 10.1. The van der Waals surface area contributed by atoms with Gasteiger partial charge in [0.2, 0.25) is 0 Å². The lowest BCUT2D eigenvalue weighted by molar-refractivity contribution is 0.0949. The Morgan fingerprint density at radius 2 is 2.27 bits per heavy atom. The van der Waals surface area contributed by atoms with Crippen molar-refractivity contribution in [3.8, 4) is 0 Å². The first-order valence-electron chi connectivity index (χ1n) is 6.54. The van der Waals surface area contributed by atoms with Gasteiger partial charge in [0.1, 0.15) is 11.4 Å². The number of halogens is 1. The van der Waals surface area contributed by atoms with Gasteiger partial charge in [0, 0.05) is 24.3 Å². The largest absolute Gasteiger partial charge is 0.348 e. The predicted molar refractivity (Wildman–Crippen MR) is 81.6 cm³/mol. The van der Waals surface area contributed by atoms with Crippen LogP contribution in [-0.4, -0.2) is 15.3 Å². The van der Waals surface area contributed by atoms with E-state index in [9.17, 15) is 14.0 Å². The van der Waals surface area contributed by atoms with E-state index in [0.29, 0.717) is 10.5 Å². The molecule has 2 aromatic heterocycles. The number of nitrogens with one attached hydrogen (secondary N) is 1. The number of thiazole rings is 1. The zero-order valence-electron chi connectivity index (χ0n) is 11.7. The standard InChI is InChI=1S/C15H12FN3O2S/c1-9-6-10(2-3-12(9)16)7-17-13(20)11-8-18-15-19(14(11)21)4-5-22-15/h2-6,8H,7H2,1H3,(H,17,20). The summed E-state index contributed by atoms with van der Waals surface area (Å²) in [5.41, 5.74) is 0.846. The van der Waals surface area contributed by atoms with Crippen molar-refractivity contribution in [3.05, 3.63) is 68.8 Å². The molecule has 5 nitrogen and oxygen atoms in total. The van der Waals surface area contributed by atoms with Gasteiger partial charge >= 0.3 is 0 Å². The number of carbonyl (C=O) groups is 1. The van der Waals surface area contributed by atoms with Crippen molar-refractivity contribution < 1.29 is 9.18 Å². The van der Waals surface area contributed by atoms with Crippen molar-refractivity contribution in [1.29, 1.82) is 0 Å². The van der Waals surface area contributed by atoms with E-state index in [4.69, 9.17) is 0 Å². The summed E-state index contributed by atoms with van der Waals surface area (Å²) in [6.07, 6.45) is 2.86. The molecule has 0 fully saturated rings. The molecule has 3 rings (SSSR count). The van der Waals surface area contributed by atoms with E-state index in [-0.39, 0.29) is 17.9 Å². The Kier molecular flexibility index (Phi) is 3.72. The second kappa shape index (κ2) is 5.69. The fraction of sp³-hybridized carbons (Fsp3) is 0.133. The Hall–Kier alpha value is -2.54. The summed E-state index contributed by atoms with van der Waals surface area (Å²) >= 11 is 1.32. The minimum atomic E-state index is -0.500. The molecule has 22 heavy (non-hydrogen) atoms. The van der Waals surface area contributed by atoms with Gasteiger partial charge < -0.3 is 5.32 Å². The molecule has 1 amide bonds. The van der Waals surface area contributed by atoms with Crippen molar-refractivity contribution in [2.45, 2.75) is 13.5 Å². The van der Waals surface area contributed by atoms with Gasteiger partial charge in [-0.1, -0.05) is 12.1 Å². The molecule has 0 aliphatic carbocycles. The molecule has 2 heterocycles. The minimum absolute atomic E-state index is 0.0188. The molecule has 0 saturated heterocycles. The molecule has 3 aromatic rings. The molecule has 0 radical (unpaired) electrons. The highest BCUT2D eigenvalue weighted by atomic mass is 32.1. The van der Waals surface area contributed by atoms with Crippen LogP contribution in [0.5, 0.6) is 0 Å². The number of benzene rings is 1. The molecule has 0 atom stereocenters. The highest BCUT2D eigenvalue weighted by Crippen LogP contribution is 2.09. The number of nitrogens with zero attached hydrogens (tertiary/aromatic N) is 2. The van der Waals surface area contributed by atoms with E-state index < -0.39 is 11.5 Å². The van der Waals surface area contributed by atoms with Crippen LogP contribution in [0.15, 0.2) is 40.8 Å². The maximum atomic E-state index is 13.2. The first-order valence-corrected chi connectivity index (χ1v) is 7.42. The smallest absolute Gasteiger partial charge is 0.271 e. The van der Waals surface area contributed by atoms with Crippen LogP contribution in [-0.2, 0) is 6.54 Å². The molecule has 112 valence electrons. The topological polar surface area (TPSA) is 63.5 Å². The SMILES string of the molecule is Cc1cc(CNC(=O)c2cnc3sccn3c2=O)ccc1F. The average molecular weight is 317 g/mol. The van der Waals surface area contributed by atoms with Crippen LogP contribution in [0.25, 0.3) is 4.96 Å². The molecule has 0 spiro atoms. The fourth-order valence-electron chi connectivity index (χ4n) is 2.07. The summed E-state index contributed by atoms with van der Waals surface area (Å²) in [5.74, 6) is -0.791. The Labute approximate surface area is 129 Å². The highest BCUT2D eigenvalue weighted by molar-refractivity contribution is 7.15. The number of amides is 1. The molecular weight excluding hydrogens is 305 g/mol. The number of aromatic nitrogens is 2. The average Bonchev–Trinajstić information content (AvgIpc) is 2.98. The second-order valence-corrected chi connectivity index (χ2v) is 5.67. The van der Waals surface area contributed by atoms with Crippen LogP contribution in [0, 0.1) is 12.7 Å². The molecular formula is C15H12FN3O2S. The molecule has 0 unspecified atom stereocenters. The summed E-state index contributed by atoms with van der Waals surface area (Å²) in [4.78, 5) is 28.9. The van der Waals surface area contributed by atoms with Crippen molar-refractivity contribution in [2.24, 2.45) is 0 Å². The first kappa shape index (κ1) is 14.4. The summed E-state index contributed by atoms with van der Waals surface area (Å²) in [5, 5.41) is 4.38. The van der Waals surface area contributed by atoms with Crippen LogP contribution < -0.4 is 10.9 Å². The minimum Gasteiger partial charge on any atom is -0.348 e. The number of carbonyl (C=O) groups excluding carboxylic acids is 1. The zero-order valence-corrected chi connectivity index (χ0v) is 12.5. The lowest BCUT2D eigenvalue weighted by Gasteiger charge is -2.06. The van der Waals surface area contributed by atoms with Gasteiger partial charge in [-0.25, -0.2) is 9.37 Å². The number of rotatable bonds is 3. The third-order valence-corrected chi connectivity index (χ3v) is 4.03. The van der Waals surface area contributed by atoms with E-state index in [1.54, 1.807) is 30.6 Å². The van der Waals surface area contributed by atoms with E-state index >= 15 is 0 Å². The predicted octanol–water partition coefficient (Wildman–Crippen LogP) is 2.13. The Bertz CT molecular complexity index is 917. The number of fused-ring (bicyclic) bond motifs is 1. The molecule has 1 aromatic carbocycles. The van der Waals surface area contributed by atoms with Gasteiger partial charge in [0.25, 0.3) is 11.5 Å². The third-order valence-electron chi connectivity index (χ3n) is 3.26. The van der Waals surface area contributed by atoms with Crippen molar-refractivity contribution in [1.82, 2.24) is 14.7 Å². The summed E-state index contributed by atoms with van der Waals surface area (Å²) in [7, 11) is 0. The molecule has 1 N–H and O–H groups in total. The van der Waals surface area contributed by atoms with Crippen molar-refractivity contribution >= 4 is 22.2 Å². The van der Waals surface area contributed by atoms with Crippen LogP contribution in [0.3, 0.4) is 0 Å². The maximum absolute atomic E-state index is 13.2. The van der Waals surface area contributed by atoms with Crippen LogP contribution in [0.1, 0.15) is 21.5 Å². The number of aryl methyl sites for hydroxylation is 1. The molecule has 0 saturated carbocycles. The van der Waals surface area contributed by atoms with Crippen LogP contribution in [0.2, 0.25) is 0 Å². The van der Waals surface area contributed by atoms with Gasteiger partial charge in [-0.3, -0.25) is 14.0 Å². The maximum Gasteiger partial charge on any atom is 0.271 e. The normalized spacial score (nSPS) is 10.8. The molecule has 0 bridgehead atoms. The summed E-state index contributed by atoms with van der Waals surface area (Å²) in [6.45, 7) is 1.87. The van der Waals surface area contributed by atoms with Gasteiger partial charge in [-0.05, 0) is 24.1 Å². The van der Waals surface area contributed by atoms with E-state index in [0.717, 1.165) is 5.56 Å². The highest BCUT2D eigenvalue weighted by Gasteiger charge is 2.13. The summed E-state index contributed by atoms with van der Waals surface area (Å²) < 4.78 is 14.5. The van der Waals surface area contributed by atoms with Crippen molar-refractivity contribution in [3.63, 3.8) is 0 Å². The van der Waals surface area contributed by atoms with Gasteiger partial charge in [0.05, 0.1) is 0 Å². The molecule has 0 aliphatic heterocycles. The monoisotopic (exact) mass is 317 g/mol. The Balaban J connectivity index is 1.79. The molecule has 0 aliphatic rings. The lowest BCUT2D eigenvalue weighted by Crippen LogP contribution is -2.30. The van der Waals surface area contributed by atoms with E-state index in [2.05, 4.69) is 10.3 Å². The molecule has 7 heteroatoms. The number of hydrogen-bond donors (Lipinski definition) is 1. The second-order valence-electron chi connectivity index (χ2n) is 4.80. The first-order chi connectivity index (χ1) is 10.6. The van der Waals surface area contributed by atoms with Gasteiger partial charge in [-0.15, -0.1) is 11.3 Å². The van der Waals surface area contributed by atoms with E-state index in [1.807, 2.05) is 0 Å². The number of hydrogen-bond acceptors (Lipinski definition) is 4. The quantitative estimate of drug-likeness (QED) is 0.805. The summed E-state index contributed by atoms with van der Waals surface area (Å²) in [6, 6.07) is 4.60. The van der Waals surface area contributed by atoms with Gasteiger partial charge in [-0.2, -0.15) is 0 Å². The Morgan fingerprint density at radius 1 is 1.45 bits per heavy atom. The van der Waals surface area contributed by atoms with Crippen LogP contribution >= 0.6 is 11.3 Å². The van der Waals surface area contributed by atoms with Crippen LogP contribution in [0.4, 0.5) is 4.39 Å². The third kappa shape index (κ3) is 2.62. The fourth-order valence-corrected chi connectivity index (χ4v) is 2.75. The Morgan fingerprint density at radius 3 is 3.05 bits per heavy atom. The van der Waals surface area contributed by atoms with E-state index in [1.165, 1.54) is 28.0 Å².